The summed E-state index contributed by atoms with van der Waals surface area (Å²) in [5.41, 5.74) is -0.131. The van der Waals surface area contributed by atoms with Gasteiger partial charge in [0.05, 0.1) is 22.1 Å². The van der Waals surface area contributed by atoms with E-state index in [4.69, 9.17) is 11.6 Å². The van der Waals surface area contributed by atoms with Crippen molar-refractivity contribution in [1.29, 1.82) is 0 Å². The molecular formula is C11H9ClN6O3. The van der Waals surface area contributed by atoms with E-state index in [9.17, 15) is 14.9 Å². The molecule has 10 heteroatoms. The van der Waals surface area contributed by atoms with Gasteiger partial charge in [-0.2, -0.15) is 4.80 Å². The van der Waals surface area contributed by atoms with Gasteiger partial charge in [0.25, 0.3) is 17.5 Å². The highest BCUT2D eigenvalue weighted by atomic mass is 35.5. The number of nitro benzene ring substituents is 1. The Kier molecular flexibility index (Phi) is 4.24. The highest BCUT2D eigenvalue weighted by molar-refractivity contribution is 6.34. The average molecular weight is 309 g/mol. The number of nitro groups is 1. The zero-order chi connectivity index (χ0) is 15.4. The Hall–Kier alpha value is -2.81. The lowest BCUT2D eigenvalue weighted by molar-refractivity contribution is -0.384. The van der Waals surface area contributed by atoms with E-state index in [0.717, 1.165) is 6.07 Å². The maximum Gasteiger partial charge on any atom is 0.270 e. The summed E-state index contributed by atoms with van der Waals surface area (Å²) in [5, 5.41) is 24.1. The number of carbonyl (C=O) groups is 1. The number of carbonyl (C=O) groups excluding carboxylic acids is 1. The molecule has 9 nitrogen and oxygen atoms in total. The minimum atomic E-state index is -0.601. The molecule has 1 aromatic carbocycles. The number of tetrazole rings is 1. The van der Waals surface area contributed by atoms with Crippen LogP contribution in [0.2, 0.25) is 5.02 Å². The fourth-order valence-corrected chi connectivity index (χ4v) is 1.72. The number of amides is 1. The van der Waals surface area contributed by atoms with E-state index in [-0.39, 0.29) is 22.2 Å². The highest BCUT2D eigenvalue weighted by Gasteiger charge is 2.16. The highest BCUT2D eigenvalue weighted by Crippen LogP contribution is 2.22. The van der Waals surface area contributed by atoms with Gasteiger partial charge in [-0.15, -0.1) is 11.7 Å². The molecule has 2 aromatic rings. The Balaban J connectivity index is 2.16. The van der Waals surface area contributed by atoms with E-state index in [0.29, 0.717) is 6.54 Å². The molecule has 0 saturated carbocycles. The molecule has 0 saturated heterocycles. The van der Waals surface area contributed by atoms with Gasteiger partial charge in [-0.25, -0.2) is 0 Å². The second kappa shape index (κ2) is 6.09. The van der Waals surface area contributed by atoms with Crippen molar-refractivity contribution in [2.75, 3.05) is 5.32 Å². The molecule has 21 heavy (non-hydrogen) atoms. The second-order valence-electron chi connectivity index (χ2n) is 3.83. The second-order valence-corrected chi connectivity index (χ2v) is 4.24. The topological polar surface area (TPSA) is 116 Å². The first-order chi connectivity index (χ1) is 10.0. The quantitative estimate of drug-likeness (QED) is 0.510. The molecule has 1 heterocycles. The van der Waals surface area contributed by atoms with E-state index < -0.39 is 10.8 Å². The Bertz CT molecular complexity index is 714. The number of rotatable bonds is 5. The minimum absolute atomic E-state index is 0.00345. The standard InChI is InChI=1S/C11H9ClN6O3/c1-2-5-17-15-11(14-16-17)13-10(19)8-4-3-7(18(20)21)6-9(8)12/h2-4,6H,1,5H2,(H,13,15,19). The molecule has 0 aliphatic heterocycles. The molecule has 0 aliphatic rings. The first-order valence-electron chi connectivity index (χ1n) is 5.65. The monoisotopic (exact) mass is 308 g/mol. The first-order valence-corrected chi connectivity index (χ1v) is 6.03. The smallest absolute Gasteiger partial charge is 0.270 e. The number of nitrogens with zero attached hydrogens (tertiary/aromatic N) is 5. The number of anilines is 1. The van der Waals surface area contributed by atoms with Gasteiger partial charge in [0.2, 0.25) is 0 Å². The lowest BCUT2D eigenvalue weighted by Gasteiger charge is -2.02. The van der Waals surface area contributed by atoms with Crippen LogP contribution in [-0.2, 0) is 6.54 Å². The summed E-state index contributed by atoms with van der Waals surface area (Å²) in [6.45, 7) is 3.87. The predicted molar refractivity (Wildman–Crippen MR) is 74.1 cm³/mol. The molecule has 0 spiro atoms. The molecule has 0 bridgehead atoms. The van der Waals surface area contributed by atoms with Crippen LogP contribution in [0.1, 0.15) is 10.4 Å². The number of non-ortho nitro benzene ring substituents is 1. The van der Waals surface area contributed by atoms with Gasteiger partial charge in [0, 0.05) is 12.1 Å². The lowest BCUT2D eigenvalue weighted by atomic mass is 10.2. The van der Waals surface area contributed by atoms with Gasteiger partial charge in [0.15, 0.2) is 0 Å². The molecule has 0 unspecified atom stereocenters. The number of halogens is 1. The van der Waals surface area contributed by atoms with Crippen molar-refractivity contribution in [1.82, 2.24) is 20.2 Å². The maximum atomic E-state index is 12.0. The SMILES string of the molecule is C=CCn1nnc(NC(=O)c2ccc([N+](=O)[O-])cc2Cl)n1. The van der Waals surface area contributed by atoms with Crippen molar-refractivity contribution >= 4 is 29.1 Å². The van der Waals surface area contributed by atoms with E-state index in [1.807, 2.05) is 0 Å². The van der Waals surface area contributed by atoms with Crippen molar-refractivity contribution in [3.05, 3.63) is 51.6 Å². The number of aromatic nitrogens is 4. The molecule has 0 aliphatic carbocycles. The summed E-state index contributed by atoms with van der Waals surface area (Å²) in [7, 11) is 0. The van der Waals surface area contributed by atoms with Gasteiger partial charge in [-0.05, 0) is 11.3 Å². The van der Waals surface area contributed by atoms with Crippen LogP contribution in [-0.4, -0.2) is 31.0 Å². The molecule has 2 rings (SSSR count). The van der Waals surface area contributed by atoms with Crippen LogP contribution in [0.15, 0.2) is 30.9 Å². The van der Waals surface area contributed by atoms with Crippen molar-refractivity contribution in [3.63, 3.8) is 0 Å². The first kappa shape index (κ1) is 14.6. The number of benzene rings is 1. The lowest BCUT2D eigenvalue weighted by Crippen LogP contribution is -2.14. The normalized spacial score (nSPS) is 10.1. The Morgan fingerprint density at radius 2 is 2.33 bits per heavy atom. The maximum absolute atomic E-state index is 12.0. The van der Waals surface area contributed by atoms with E-state index in [2.05, 4.69) is 27.3 Å². The molecule has 0 fully saturated rings. The molecule has 0 radical (unpaired) electrons. The van der Waals surface area contributed by atoms with E-state index in [1.54, 1.807) is 6.08 Å². The fourth-order valence-electron chi connectivity index (χ4n) is 1.46. The number of hydrogen-bond donors (Lipinski definition) is 1. The zero-order valence-corrected chi connectivity index (χ0v) is 11.3. The largest absolute Gasteiger partial charge is 0.288 e. The summed E-state index contributed by atoms with van der Waals surface area (Å²) < 4.78 is 0. The Morgan fingerprint density at radius 3 is 2.95 bits per heavy atom. The van der Waals surface area contributed by atoms with Crippen LogP contribution in [0.5, 0.6) is 0 Å². The molecular weight excluding hydrogens is 300 g/mol. The number of nitrogens with one attached hydrogen (secondary N) is 1. The molecule has 0 atom stereocenters. The number of allylic oxidation sites excluding steroid dienone is 1. The summed E-state index contributed by atoms with van der Waals surface area (Å²) in [6, 6.07) is 3.53. The van der Waals surface area contributed by atoms with Crippen molar-refractivity contribution in [3.8, 4) is 0 Å². The van der Waals surface area contributed by atoms with Crippen molar-refractivity contribution in [2.45, 2.75) is 6.54 Å². The summed E-state index contributed by atoms with van der Waals surface area (Å²) in [5.74, 6) is -0.593. The minimum Gasteiger partial charge on any atom is -0.288 e. The van der Waals surface area contributed by atoms with E-state index >= 15 is 0 Å². The third-order valence-corrected chi connectivity index (χ3v) is 2.69. The van der Waals surface area contributed by atoms with Crippen LogP contribution in [0.4, 0.5) is 11.6 Å². The predicted octanol–water partition coefficient (Wildman–Crippen LogP) is 1.67. The van der Waals surface area contributed by atoms with Gasteiger partial charge in [0.1, 0.15) is 0 Å². The Morgan fingerprint density at radius 1 is 1.57 bits per heavy atom. The van der Waals surface area contributed by atoms with E-state index in [1.165, 1.54) is 16.9 Å². The summed E-state index contributed by atoms with van der Waals surface area (Å²) >= 11 is 5.85. The van der Waals surface area contributed by atoms with Crippen molar-refractivity contribution in [2.24, 2.45) is 0 Å². The zero-order valence-electron chi connectivity index (χ0n) is 10.6. The Labute approximate surface area is 123 Å². The number of hydrogen-bond acceptors (Lipinski definition) is 6. The van der Waals surface area contributed by atoms with Crippen LogP contribution < -0.4 is 5.32 Å². The molecule has 1 aromatic heterocycles. The van der Waals surface area contributed by atoms with Crippen LogP contribution >= 0.6 is 11.6 Å². The summed E-state index contributed by atoms with van der Waals surface area (Å²) in [6.07, 6.45) is 1.57. The van der Waals surface area contributed by atoms with Crippen LogP contribution in [0, 0.1) is 10.1 Å². The van der Waals surface area contributed by atoms with Crippen LogP contribution in [0.3, 0.4) is 0 Å². The average Bonchev–Trinajstić information content (AvgIpc) is 2.86. The summed E-state index contributed by atoms with van der Waals surface area (Å²) in [4.78, 5) is 23.2. The fraction of sp³-hybridized carbons (Fsp3) is 0.0909. The molecule has 108 valence electrons. The van der Waals surface area contributed by atoms with Crippen LogP contribution in [0.25, 0.3) is 0 Å². The third kappa shape index (κ3) is 3.39. The van der Waals surface area contributed by atoms with Gasteiger partial charge in [-0.1, -0.05) is 22.8 Å². The molecule has 1 N–H and O–H groups in total. The van der Waals surface area contributed by atoms with Gasteiger partial charge >= 0.3 is 0 Å². The molecule has 1 amide bonds. The van der Waals surface area contributed by atoms with Gasteiger partial charge in [-0.3, -0.25) is 20.2 Å². The van der Waals surface area contributed by atoms with Gasteiger partial charge < -0.3 is 0 Å². The third-order valence-electron chi connectivity index (χ3n) is 2.38. The van der Waals surface area contributed by atoms with Crippen molar-refractivity contribution < 1.29 is 9.72 Å².